The Labute approximate surface area is 228 Å². The summed E-state index contributed by atoms with van der Waals surface area (Å²) in [6.45, 7) is 1.92. The average Bonchev–Trinajstić information content (AvgIpc) is 3.44. The number of rotatable bonds is 7. The van der Waals surface area contributed by atoms with Crippen LogP contribution in [0.1, 0.15) is 34.9 Å². The summed E-state index contributed by atoms with van der Waals surface area (Å²) in [5.74, 6) is 1.03. The Hall–Kier alpha value is -4.07. The Balaban J connectivity index is 1.73. The van der Waals surface area contributed by atoms with Crippen molar-refractivity contribution in [2.24, 2.45) is 0 Å². The van der Waals surface area contributed by atoms with Gasteiger partial charge in [-0.15, -0.1) is 0 Å². The number of ether oxygens (including phenoxy) is 1. The van der Waals surface area contributed by atoms with Crippen LogP contribution in [0.4, 0.5) is 0 Å². The maximum absolute atomic E-state index is 14.0. The van der Waals surface area contributed by atoms with Gasteiger partial charge in [-0.2, -0.15) is 0 Å². The van der Waals surface area contributed by atoms with E-state index < -0.39 is 6.04 Å². The molecule has 9 heteroatoms. The SMILES string of the molecule is COc1ccccc1-n1c(C(C)N(Cc2ccco2)C(=O)c2ccc(Cl)cc2Cl)nc2ccccc2c1=O. The molecular formula is C29H23Cl2N3O4. The van der Waals surface area contributed by atoms with E-state index in [-0.39, 0.29) is 28.6 Å². The number of hydrogen-bond acceptors (Lipinski definition) is 5. The standard InChI is InChI=1S/C29H23Cl2N3O4/c1-18(33(17-20-8-7-15-38-20)28(35)21-14-13-19(30)16-23(21)31)27-32-24-10-4-3-9-22(24)29(36)34(27)25-11-5-6-12-26(25)37-2/h3-16,18H,17H2,1-2H3. The quantitative estimate of drug-likeness (QED) is 0.226. The molecule has 3 aromatic carbocycles. The van der Waals surface area contributed by atoms with Crippen LogP contribution in [0.25, 0.3) is 16.6 Å². The normalized spacial score (nSPS) is 11.9. The molecule has 0 aliphatic rings. The molecule has 0 saturated heterocycles. The highest BCUT2D eigenvalue weighted by molar-refractivity contribution is 6.36. The molecule has 0 saturated carbocycles. The van der Waals surface area contributed by atoms with E-state index in [0.29, 0.717) is 38.9 Å². The number of nitrogens with zero attached hydrogens (tertiary/aromatic N) is 3. The molecule has 5 aromatic rings. The molecule has 5 rings (SSSR count). The molecule has 2 heterocycles. The lowest BCUT2D eigenvalue weighted by Gasteiger charge is -2.30. The first-order valence-corrected chi connectivity index (χ1v) is 12.6. The third kappa shape index (κ3) is 4.78. The van der Waals surface area contributed by atoms with Crippen molar-refractivity contribution in [2.75, 3.05) is 7.11 Å². The summed E-state index contributed by atoms with van der Waals surface area (Å²) in [5.41, 5.74) is 1.01. The van der Waals surface area contributed by atoms with Gasteiger partial charge < -0.3 is 14.1 Å². The predicted octanol–water partition coefficient (Wildman–Crippen LogP) is 6.70. The van der Waals surface area contributed by atoms with Crippen molar-refractivity contribution in [3.05, 3.63) is 123 Å². The Morgan fingerprint density at radius 2 is 1.82 bits per heavy atom. The van der Waals surface area contributed by atoms with E-state index in [1.165, 1.54) is 24.0 Å². The van der Waals surface area contributed by atoms with Crippen LogP contribution < -0.4 is 10.3 Å². The summed E-state index contributed by atoms with van der Waals surface area (Å²) in [6, 6.07) is 21.8. The number of carbonyl (C=O) groups excluding carboxylic acids is 1. The van der Waals surface area contributed by atoms with Gasteiger partial charge in [0.05, 0.1) is 53.1 Å². The van der Waals surface area contributed by atoms with Crippen LogP contribution in [0, 0.1) is 0 Å². The molecule has 7 nitrogen and oxygen atoms in total. The van der Waals surface area contributed by atoms with Crippen LogP contribution in [0.5, 0.6) is 5.75 Å². The van der Waals surface area contributed by atoms with E-state index in [1.807, 2.05) is 25.1 Å². The number of hydrogen-bond donors (Lipinski definition) is 0. The van der Waals surface area contributed by atoms with E-state index in [9.17, 15) is 9.59 Å². The molecule has 1 amide bonds. The van der Waals surface area contributed by atoms with Crippen LogP contribution in [0.3, 0.4) is 0 Å². The van der Waals surface area contributed by atoms with Crippen molar-refractivity contribution in [3.63, 3.8) is 0 Å². The van der Waals surface area contributed by atoms with Gasteiger partial charge in [0.1, 0.15) is 17.3 Å². The van der Waals surface area contributed by atoms with E-state index in [1.54, 1.807) is 59.5 Å². The summed E-state index contributed by atoms with van der Waals surface area (Å²) in [7, 11) is 1.54. The number of halogens is 2. The third-order valence-electron chi connectivity index (χ3n) is 6.30. The van der Waals surface area contributed by atoms with Crippen LogP contribution in [-0.4, -0.2) is 27.5 Å². The summed E-state index contributed by atoms with van der Waals surface area (Å²) >= 11 is 12.5. The summed E-state index contributed by atoms with van der Waals surface area (Å²) < 4.78 is 12.6. The second kappa shape index (κ2) is 10.7. The largest absolute Gasteiger partial charge is 0.495 e. The Bertz CT molecular complexity index is 1680. The maximum Gasteiger partial charge on any atom is 0.266 e. The topological polar surface area (TPSA) is 77.6 Å². The molecule has 0 radical (unpaired) electrons. The van der Waals surface area contributed by atoms with Gasteiger partial charge in [0.25, 0.3) is 11.5 Å². The first-order valence-electron chi connectivity index (χ1n) is 11.8. The molecule has 1 unspecified atom stereocenters. The highest BCUT2D eigenvalue weighted by atomic mass is 35.5. The fourth-order valence-corrected chi connectivity index (χ4v) is 4.88. The molecule has 0 spiro atoms. The van der Waals surface area contributed by atoms with Gasteiger partial charge in [-0.3, -0.25) is 14.2 Å². The number of para-hydroxylation sites is 3. The van der Waals surface area contributed by atoms with Gasteiger partial charge in [-0.1, -0.05) is 47.5 Å². The van der Waals surface area contributed by atoms with Gasteiger partial charge in [-0.05, 0) is 61.5 Å². The lowest BCUT2D eigenvalue weighted by Crippen LogP contribution is -2.37. The molecule has 0 aliphatic heterocycles. The predicted molar refractivity (Wildman–Crippen MR) is 147 cm³/mol. The van der Waals surface area contributed by atoms with Crippen LogP contribution in [0.15, 0.2) is 94.3 Å². The lowest BCUT2D eigenvalue weighted by atomic mass is 10.1. The second-order valence-electron chi connectivity index (χ2n) is 8.61. The zero-order chi connectivity index (χ0) is 26.8. The second-order valence-corrected chi connectivity index (χ2v) is 9.46. The van der Waals surface area contributed by atoms with Crippen molar-refractivity contribution >= 4 is 40.0 Å². The Morgan fingerprint density at radius 1 is 1.05 bits per heavy atom. The highest BCUT2D eigenvalue weighted by Crippen LogP contribution is 2.31. The fourth-order valence-electron chi connectivity index (χ4n) is 4.39. The third-order valence-corrected chi connectivity index (χ3v) is 6.85. The van der Waals surface area contributed by atoms with Gasteiger partial charge in [-0.25, -0.2) is 4.98 Å². The summed E-state index contributed by atoms with van der Waals surface area (Å²) in [6.07, 6.45) is 1.54. The molecule has 38 heavy (non-hydrogen) atoms. The lowest BCUT2D eigenvalue weighted by molar-refractivity contribution is 0.0648. The number of amides is 1. The monoisotopic (exact) mass is 547 g/mol. The molecule has 192 valence electrons. The number of furan rings is 1. The Kier molecular flexibility index (Phi) is 7.22. The minimum absolute atomic E-state index is 0.112. The molecule has 0 N–H and O–H groups in total. The minimum atomic E-state index is -0.693. The van der Waals surface area contributed by atoms with Crippen molar-refractivity contribution < 1.29 is 13.9 Å². The minimum Gasteiger partial charge on any atom is -0.495 e. The molecule has 0 aliphatic carbocycles. The molecule has 2 aromatic heterocycles. The van der Waals surface area contributed by atoms with Crippen LogP contribution in [-0.2, 0) is 6.54 Å². The maximum atomic E-state index is 14.0. The zero-order valence-corrected chi connectivity index (χ0v) is 22.1. The average molecular weight is 548 g/mol. The van der Waals surface area contributed by atoms with E-state index >= 15 is 0 Å². The van der Waals surface area contributed by atoms with Crippen molar-refractivity contribution in [1.29, 1.82) is 0 Å². The van der Waals surface area contributed by atoms with E-state index in [4.69, 9.17) is 37.3 Å². The van der Waals surface area contributed by atoms with Gasteiger partial charge >= 0.3 is 0 Å². The van der Waals surface area contributed by atoms with Crippen LogP contribution >= 0.6 is 23.2 Å². The van der Waals surface area contributed by atoms with Gasteiger partial charge in [0.15, 0.2) is 0 Å². The van der Waals surface area contributed by atoms with Crippen LogP contribution in [0.2, 0.25) is 10.0 Å². The zero-order valence-electron chi connectivity index (χ0n) is 20.6. The number of methoxy groups -OCH3 is 1. The first kappa shape index (κ1) is 25.6. The molecular weight excluding hydrogens is 525 g/mol. The molecule has 1 atom stereocenters. The van der Waals surface area contributed by atoms with Crippen molar-refractivity contribution in [1.82, 2.24) is 14.5 Å². The van der Waals surface area contributed by atoms with Crippen molar-refractivity contribution in [3.8, 4) is 11.4 Å². The Morgan fingerprint density at radius 3 is 2.55 bits per heavy atom. The fraction of sp³-hybridized carbons (Fsp3) is 0.138. The van der Waals surface area contributed by atoms with E-state index in [0.717, 1.165) is 0 Å². The van der Waals surface area contributed by atoms with Gasteiger partial charge in [0, 0.05) is 5.02 Å². The molecule has 0 bridgehead atoms. The number of aromatic nitrogens is 2. The number of benzene rings is 3. The summed E-state index contributed by atoms with van der Waals surface area (Å²) in [4.78, 5) is 34.3. The highest BCUT2D eigenvalue weighted by Gasteiger charge is 2.30. The van der Waals surface area contributed by atoms with Gasteiger partial charge in [0.2, 0.25) is 0 Å². The first-order chi connectivity index (χ1) is 18.4. The molecule has 0 fully saturated rings. The number of carbonyl (C=O) groups is 1. The van der Waals surface area contributed by atoms with Crippen molar-refractivity contribution in [2.45, 2.75) is 19.5 Å². The smallest absolute Gasteiger partial charge is 0.266 e. The van der Waals surface area contributed by atoms with E-state index in [2.05, 4.69) is 0 Å². The number of fused-ring (bicyclic) bond motifs is 1. The summed E-state index contributed by atoms with van der Waals surface area (Å²) in [5, 5.41) is 1.07.